The van der Waals surface area contributed by atoms with Gasteiger partial charge in [-0.05, 0) is 39.2 Å². The molecule has 2 aromatic rings. The van der Waals surface area contributed by atoms with Crippen molar-refractivity contribution < 1.29 is 4.79 Å². The van der Waals surface area contributed by atoms with Crippen LogP contribution in [0.2, 0.25) is 5.02 Å². The first-order valence-electron chi connectivity index (χ1n) is 6.74. The first kappa shape index (κ1) is 15.5. The molecular weight excluding hydrogens is 288 g/mol. The molecule has 0 fully saturated rings. The monoisotopic (exact) mass is 306 g/mol. The van der Waals surface area contributed by atoms with Crippen LogP contribution in [0.25, 0.3) is 5.69 Å². The van der Waals surface area contributed by atoms with Crippen molar-refractivity contribution in [1.82, 2.24) is 20.0 Å². The number of halogens is 1. The predicted octanol–water partition coefficient (Wildman–Crippen LogP) is 2.21. The number of hydrogen-bond acceptors (Lipinski definition) is 3. The average Bonchev–Trinajstić information content (AvgIpc) is 2.94. The summed E-state index contributed by atoms with van der Waals surface area (Å²) in [6, 6.07) is 9.31. The third-order valence-electron chi connectivity index (χ3n) is 3.36. The smallest absolute Gasteiger partial charge is 0.271 e. The van der Waals surface area contributed by atoms with Crippen LogP contribution < -0.4 is 5.32 Å². The lowest BCUT2D eigenvalue weighted by atomic mass is 10.3. The van der Waals surface area contributed by atoms with Crippen LogP contribution in [0.5, 0.6) is 0 Å². The molecule has 1 heterocycles. The molecule has 0 bridgehead atoms. The molecule has 1 atom stereocenters. The minimum atomic E-state index is -0.186. The van der Waals surface area contributed by atoms with Gasteiger partial charge >= 0.3 is 0 Å². The van der Waals surface area contributed by atoms with E-state index in [9.17, 15) is 4.79 Å². The summed E-state index contributed by atoms with van der Waals surface area (Å²) < 4.78 is 1.60. The van der Waals surface area contributed by atoms with E-state index in [1.165, 1.54) is 0 Å². The third kappa shape index (κ3) is 3.83. The molecule has 0 saturated carbocycles. The number of amides is 1. The molecule has 112 valence electrons. The molecule has 1 amide bonds. The Kier molecular flexibility index (Phi) is 4.98. The van der Waals surface area contributed by atoms with Crippen molar-refractivity contribution in [2.45, 2.75) is 13.0 Å². The second kappa shape index (κ2) is 6.74. The maximum atomic E-state index is 12.1. The average molecular weight is 307 g/mol. The number of hydrogen-bond donors (Lipinski definition) is 1. The van der Waals surface area contributed by atoms with E-state index in [1.54, 1.807) is 23.0 Å². The fraction of sp³-hybridized carbons (Fsp3) is 0.333. The van der Waals surface area contributed by atoms with Crippen molar-refractivity contribution in [2.24, 2.45) is 0 Å². The Hall–Kier alpha value is -1.85. The molecule has 1 aromatic carbocycles. The largest absolute Gasteiger partial charge is 0.349 e. The predicted molar refractivity (Wildman–Crippen MR) is 84.1 cm³/mol. The SMILES string of the molecule is CC(CNC(=O)c1ccn(-c2ccccc2Cl)n1)N(C)C. The van der Waals surface area contributed by atoms with E-state index in [4.69, 9.17) is 11.6 Å². The van der Waals surface area contributed by atoms with Gasteiger partial charge in [0.25, 0.3) is 5.91 Å². The van der Waals surface area contributed by atoms with Gasteiger partial charge in [0.15, 0.2) is 5.69 Å². The van der Waals surface area contributed by atoms with Crippen molar-refractivity contribution >= 4 is 17.5 Å². The van der Waals surface area contributed by atoms with Crippen molar-refractivity contribution in [1.29, 1.82) is 0 Å². The van der Waals surface area contributed by atoms with Gasteiger partial charge in [0.05, 0.1) is 10.7 Å². The molecule has 0 aliphatic carbocycles. The Bertz CT molecular complexity index is 624. The van der Waals surface area contributed by atoms with Gasteiger partial charge in [0.1, 0.15) is 0 Å². The number of carbonyl (C=O) groups is 1. The lowest BCUT2D eigenvalue weighted by molar-refractivity contribution is 0.0938. The van der Waals surface area contributed by atoms with E-state index in [-0.39, 0.29) is 11.9 Å². The fourth-order valence-corrected chi connectivity index (χ4v) is 1.95. The number of nitrogens with one attached hydrogen (secondary N) is 1. The van der Waals surface area contributed by atoms with Crippen LogP contribution in [0.3, 0.4) is 0 Å². The molecule has 0 aliphatic rings. The van der Waals surface area contributed by atoms with Crippen LogP contribution in [-0.2, 0) is 0 Å². The minimum Gasteiger partial charge on any atom is -0.349 e. The van der Waals surface area contributed by atoms with Gasteiger partial charge < -0.3 is 10.2 Å². The summed E-state index contributed by atoms with van der Waals surface area (Å²) in [4.78, 5) is 14.1. The van der Waals surface area contributed by atoms with Gasteiger partial charge in [-0.25, -0.2) is 4.68 Å². The Morgan fingerprint density at radius 2 is 2.10 bits per heavy atom. The number of likely N-dealkylation sites (N-methyl/N-ethyl adjacent to an activating group) is 1. The molecular formula is C15H19ClN4O. The Morgan fingerprint density at radius 1 is 1.38 bits per heavy atom. The first-order chi connectivity index (χ1) is 9.99. The van der Waals surface area contributed by atoms with Crippen molar-refractivity contribution in [3.05, 3.63) is 47.2 Å². The molecule has 0 radical (unpaired) electrons. The number of para-hydroxylation sites is 1. The van der Waals surface area contributed by atoms with Crippen molar-refractivity contribution in [3.8, 4) is 5.69 Å². The Morgan fingerprint density at radius 3 is 2.76 bits per heavy atom. The highest BCUT2D eigenvalue weighted by Crippen LogP contribution is 2.18. The lowest BCUT2D eigenvalue weighted by Crippen LogP contribution is -2.38. The number of carbonyl (C=O) groups excluding carboxylic acids is 1. The topological polar surface area (TPSA) is 50.2 Å². The standard InChI is InChI=1S/C15H19ClN4O/c1-11(19(2)3)10-17-15(21)13-8-9-20(18-13)14-7-5-4-6-12(14)16/h4-9,11H,10H2,1-3H3,(H,17,21). The Labute approximate surface area is 129 Å². The Balaban J connectivity index is 2.06. The van der Waals surface area contributed by atoms with Crippen molar-refractivity contribution in [2.75, 3.05) is 20.6 Å². The first-order valence-corrected chi connectivity index (χ1v) is 7.12. The van der Waals surface area contributed by atoms with Gasteiger partial charge in [-0.3, -0.25) is 4.79 Å². The van der Waals surface area contributed by atoms with Crippen molar-refractivity contribution in [3.63, 3.8) is 0 Å². The molecule has 1 unspecified atom stereocenters. The molecule has 1 aromatic heterocycles. The molecule has 0 saturated heterocycles. The third-order valence-corrected chi connectivity index (χ3v) is 3.68. The van der Waals surface area contributed by atoms with E-state index in [0.29, 0.717) is 17.3 Å². The summed E-state index contributed by atoms with van der Waals surface area (Å²) in [7, 11) is 3.95. The summed E-state index contributed by atoms with van der Waals surface area (Å²) in [6.07, 6.45) is 1.73. The second-order valence-electron chi connectivity index (χ2n) is 5.12. The van der Waals surface area contributed by atoms with Crippen LogP contribution in [0.15, 0.2) is 36.5 Å². The summed E-state index contributed by atoms with van der Waals surface area (Å²) >= 11 is 6.12. The van der Waals surface area contributed by atoms with Gasteiger partial charge in [0.2, 0.25) is 0 Å². The summed E-state index contributed by atoms with van der Waals surface area (Å²) in [5, 5.41) is 7.73. The van der Waals surface area contributed by atoms with Crippen LogP contribution in [0.4, 0.5) is 0 Å². The molecule has 21 heavy (non-hydrogen) atoms. The number of rotatable bonds is 5. The number of aromatic nitrogens is 2. The van der Waals surface area contributed by atoms with E-state index in [0.717, 1.165) is 5.69 Å². The highest BCUT2D eigenvalue weighted by Gasteiger charge is 2.13. The lowest BCUT2D eigenvalue weighted by Gasteiger charge is -2.19. The highest BCUT2D eigenvalue weighted by atomic mass is 35.5. The maximum absolute atomic E-state index is 12.1. The zero-order chi connectivity index (χ0) is 15.4. The normalized spacial score (nSPS) is 12.4. The van der Waals surface area contributed by atoms with Crippen LogP contribution in [0, 0.1) is 0 Å². The molecule has 5 nitrogen and oxygen atoms in total. The van der Waals surface area contributed by atoms with Gasteiger partial charge in [-0.2, -0.15) is 5.10 Å². The van der Waals surface area contributed by atoms with Gasteiger partial charge in [-0.1, -0.05) is 23.7 Å². The van der Waals surface area contributed by atoms with Gasteiger partial charge in [0, 0.05) is 18.8 Å². The van der Waals surface area contributed by atoms with E-state index < -0.39 is 0 Å². The molecule has 6 heteroatoms. The molecule has 2 rings (SSSR count). The minimum absolute atomic E-state index is 0.186. The quantitative estimate of drug-likeness (QED) is 0.921. The second-order valence-corrected chi connectivity index (χ2v) is 5.53. The zero-order valence-electron chi connectivity index (χ0n) is 12.4. The van der Waals surface area contributed by atoms with Crippen LogP contribution in [0.1, 0.15) is 17.4 Å². The van der Waals surface area contributed by atoms with Gasteiger partial charge in [-0.15, -0.1) is 0 Å². The van der Waals surface area contributed by atoms with E-state index in [2.05, 4.69) is 10.4 Å². The van der Waals surface area contributed by atoms with E-state index >= 15 is 0 Å². The summed E-state index contributed by atoms with van der Waals surface area (Å²) in [6.45, 7) is 2.62. The fourth-order valence-electron chi connectivity index (χ4n) is 1.73. The van der Waals surface area contributed by atoms with E-state index in [1.807, 2.05) is 44.1 Å². The molecule has 1 N–H and O–H groups in total. The zero-order valence-corrected chi connectivity index (χ0v) is 13.1. The number of nitrogens with zero attached hydrogens (tertiary/aromatic N) is 3. The highest BCUT2D eigenvalue weighted by molar-refractivity contribution is 6.32. The molecule has 0 spiro atoms. The maximum Gasteiger partial charge on any atom is 0.271 e. The molecule has 0 aliphatic heterocycles. The summed E-state index contributed by atoms with van der Waals surface area (Å²) in [5.74, 6) is -0.186. The van der Waals surface area contributed by atoms with Crippen LogP contribution in [-0.4, -0.2) is 47.3 Å². The summed E-state index contributed by atoms with van der Waals surface area (Å²) in [5.41, 5.74) is 1.13. The number of benzene rings is 1. The van der Waals surface area contributed by atoms with Crippen LogP contribution >= 0.6 is 11.6 Å².